The third-order valence-corrected chi connectivity index (χ3v) is 18.9. The summed E-state index contributed by atoms with van der Waals surface area (Å²) in [5, 5.41) is 16.8. The van der Waals surface area contributed by atoms with Crippen molar-refractivity contribution in [2.75, 3.05) is 14.2 Å². The van der Waals surface area contributed by atoms with Crippen molar-refractivity contribution in [2.24, 2.45) is 16.2 Å². The third-order valence-electron chi connectivity index (χ3n) is 12.8. The Morgan fingerprint density at radius 2 is 0.800 bits per heavy atom. The van der Waals surface area contributed by atoms with Crippen molar-refractivity contribution in [1.82, 2.24) is 0 Å². The Hall–Kier alpha value is -3.20. The predicted molar refractivity (Wildman–Crippen MR) is 346 cm³/mol. The van der Waals surface area contributed by atoms with Gasteiger partial charge in [0, 0.05) is 71.5 Å². The number of carboxylic acids is 1. The van der Waals surface area contributed by atoms with Gasteiger partial charge in [-0.2, -0.15) is 35.7 Å². The van der Waals surface area contributed by atoms with E-state index in [4.69, 9.17) is 79.1 Å². The Bertz CT molecular complexity index is 3550. The molecule has 0 radical (unpaired) electrons. The molecule has 9 aromatic rings. The number of carbonyl (C=O) groups is 3. The van der Waals surface area contributed by atoms with E-state index >= 15 is 0 Å². The van der Waals surface area contributed by atoms with Crippen molar-refractivity contribution >= 4 is 181 Å². The summed E-state index contributed by atoms with van der Waals surface area (Å²) < 4.78 is 14.4. The van der Waals surface area contributed by atoms with E-state index < -0.39 is 22.2 Å². The molecule has 0 spiro atoms. The molecule has 0 aliphatic heterocycles. The molecule has 3 aromatic heterocycles. The fraction of sp³-hybridized carbons (Fsp3) is 0.258. The van der Waals surface area contributed by atoms with Crippen LogP contribution >= 0.6 is 133 Å². The van der Waals surface area contributed by atoms with Crippen LogP contribution in [0.4, 0.5) is 0 Å². The second-order valence-corrected chi connectivity index (χ2v) is 27.2. The minimum absolute atomic E-state index is 0.168. The number of carbonyl (C=O) groups excluding carboxylic acids is 2. The van der Waals surface area contributed by atoms with Crippen LogP contribution in [0, 0.1) is 23.2 Å². The molecule has 18 heteroatoms. The molecule has 0 atom stereocenters. The van der Waals surface area contributed by atoms with Gasteiger partial charge in [0.2, 0.25) is 0 Å². The van der Waals surface area contributed by atoms with Crippen LogP contribution in [0.3, 0.4) is 0 Å². The summed E-state index contributed by atoms with van der Waals surface area (Å²) >= 11 is 49.5. The molecule has 0 amide bonds. The van der Waals surface area contributed by atoms with Crippen molar-refractivity contribution in [2.45, 2.75) is 73.6 Å². The maximum absolute atomic E-state index is 12.0. The summed E-state index contributed by atoms with van der Waals surface area (Å²) in [5.41, 5.74) is 3.04. The van der Waals surface area contributed by atoms with E-state index in [0.29, 0.717) is 67.8 Å². The number of rotatable bonds is 13. The van der Waals surface area contributed by atoms with Crippen LogP contribution in [0.25, 0.3) is 30.3 Å². The van der Waals surface area contributed by atoms with Gasteiger partial charge in [-0.1, -0.05) is 121 Å². The topological polar surface area (TPSA) is 89.9 Å². The van der Waals surface area contributed by atoms with Crippen molar-refractivity contribution in [3.63, 3.8) is 0 Å². The van der Waals surface area contributed by atoms with Gasteiger partial charge in [0.1, 0.15) is 0 Å². The monoisotopic (exact) mass is 1430 g/mol. The molecule has 0 bridgehead atoms. The van der Waals surface area contributed by atoms with Gasteiger partial charge in [0.15, 0.2) is 0 Å². The number of halogens is 8. The van der Waals surface area contributed by atoms with Crippen LogP contribution in [0.1, 0.15) is 84.0 Å². The first-order valence-corrected chi connectivity index (χ1v) is 37.2. The SMILES string of the molecule is CC(C)(Cc1cc2c(Cc3c(Cl)cccc3Cl)cccc2s1)C(=O)O.COC(=O)C(C)(C)Cc1cc2c(Br)cccc2s1.COC(=O)C(C)(C)Cc1cc2c(Cc3c(Cl)cccc3Cl)cccc2s1.[CH2-]c1c(Cl)cccc1Cl.[Zn+][Br]. The number of aliphatic carboxylic acids is 1. The number of fused-ring (bicyclic) bond motifs is 3. The van der Waals surface area contributed by atoms with Crippen LogP contribution in [-0.4, -0.2) is 37.2 Å². The van der Waals surface area contributed by atoms with Crippen molar-refractivity contribution < 1.29 is 45.3 Å². The number of methoxy groups -OCH3 is 2. The molecule has 0 aliphatic rings. The number of hydrogen-bond donors (Lipinski definition) is 1. The molecule has 0 fully saturated rings. The average Bonchev–Trinajstić information content (AvgIpc) is 4.15. The van der Waals surface area contributed by atoms with Crippen LogP contribution in [0.2, 0.25) is 30.1 Å². The third kappa shape index (κ3) is 18.2. The van der Waals surface area contributed by atoms with Crippen LogP contribution in [0.15, 0.2) is 132 Å². The van der Waals surface area contributed by atoms with Gasteiger partial charge in [-0.15, -0.1) is 46.1 Å². The van der Waals surface area contributed by atoms with Crippen LogP contribution in [-0.2, 0) is 72.3 Å². The normalized spacial score (nSPS) is 11.3. The quantitative estimate of drug-likeness (QED) is 0.0703. The molecule has 6 aromatic carbocycles. The molecule has 0 aliphatic carbocycles. The van der Waals surface area contributed by atoms with Crippen molar-refractivity contribution in [1.29, 1.82) is 0 Å². The molecule has 418 valence electrons. The van der Waals surface area contributed by atoms with Gasteiger partial charge in [-0.3, -0.25) is 14.4 Å². The zero-order valence-corrected chi connectivity index (χ0v) is 58.4. The Kier molecular flexibility index (Phi) is 25.8. The zero-order chi connectivity index (χ0) is 59.3. The summed E-state index contributed by atoms with van der Waals surface area (Å²) in [7, 11) is 2.87. The van der Waals surface area contributed by atoms with E-state index in [9.17, 15) is 19.5 Å². The van der Waals surface area contributed by atoms with E-state index in [1.165, 1.54) is 61.2 Å². The Labute approximate surface area is 536 Å². The van der Waals surface area contributed by atoms with Gasteiger partial charge in [0.25, 0.3) is 0 Å². The molecule has 80 heavy (non-hydrogen) atoms. The first-order valence-electron chi connectivity index (χ1n) is 24.7. The Balaban J connectivity index is 0.000000204. The van der Waals surface area contributed by atoms with Gasteiger partial charge in [-0.05, 0) is 161 Å². The first kappa shape index (κ1) is 67.6. The van der Waals surface area contributed by atoms with Crippen LogP contribution < -0.4 is 0 Å². The van der Waals surface area contributed by atoms with E-state index in [0.717, 1.165) is 41.0 Å². The maximum atomic E-state index is 12.0. The fourth-order valence-electron chi connectivity index (χ4n) is 8.39. The van der Waals surface area contributed by atoms with Gasteiger partial charge < -0.3 is 14.6 Å². The summed E-state index contributed by atoms with van der Waals surface area (Å²) in [4.78, 5) is 38.5. The average molecular weight is 1430 g/mol. The summed E-state index contributed by atoms with van der Waals surface area (Å²) in [6, 6.07) is 41.4. The number of benzene rings is 6. The molecule has 6 nitrogen and oxygen atoms in total. The van der Waals surface area contributed by atoms with E-state index in [2.05, 4.69) is 85.0 Å². The Morgan fingerprint density at radius 1 is 0.500 bits per heavy atom. The molecule has 1 N–H and O–H groups in total. The van der Waals surface area contributed by atoms with E-state index in [1.54, 1.807) is 66.1 Å². The van der Waals surface area contributed by atoms with E-state index in [-0.39, 0.29) is 11.9 Å². The van der Waals surface area contributed by atoms with Crippen molar-refractivity contribution in [3.05, 3.63) is 211 Å². The summed E-state index contributed by atoms with van der Waals surface area (Å²) in [6.07, 6.45) is 3.17. The van der Waals surface area contributed by atoms with Gasteiger partial charge >= 0.3 is 47.9 Å². The second kappa shape index (κ2) is 30.6. The predicted octanol–water partition coefficient (Wildman–Crippen LogP) is 21.4. The van der Waals surface area contributed by atoms with Gasteiger partial charge in [0.05, 0.1) is 30.5 Å². The first-order chi connectivity index (χ1) is 37.7. The Morgan fingerprint density at radius 3 is 1.12 bits per heavy atom. The zero-order valence-electron chi connectivity index (χ0n) is 45.3. The molecule has 0 saturated carbocycles. The van der Waals surface area contributed by atoms with Crippen molar-refractivity contribution in [3.8, 4) is 0 Å². The number of hydrogen-bond acceptors (Lipinski definition) is 8. The molecule has 9 rings (SSSR count). The standard InChI is InChI=1S/C21H20Cl2O2S.C20H18Cl2O2S.C14H15BrO2S.C7H5Cl2.BrH.Zn/c1-21(2,20(24)25-3)12-14-11-15-13(6-4-9-19(15)26-14)10-16-17(22)7-5-8-18(16)23;1-20(2,19(23)24)11-13-10-14-12(5-3-8-18(14)25-13)9-15-16(21)6-4-7-17(15)22;1-14(2,13(16)17-3)8-9-7-10-11(15)5-4-6-12(10)18-9;1-5-6(8)3-2-4-7(5)9;;/h4-9,11H,10,12H2,1-3H3;3-8,10H,9,11H2,1-2H3,(H,23,24);4-7H,8H2,1-3H3;2-4H,1H2;1H;/q;;;-1;;+2/p-1. The van der Waals surface area contributed by atoms with Crippen LogP contribution in [0.5, 0.6) is 0 Å². The number of carboxylic acid groups (broad SMARTS) is 1. The number of esters is 2. The molecular weight excluding hydrogens is 1370 g/mol. The second-order valence-electron chi connectivity index (χ2n) is 20.4. The fourth-order valence-corrected chi connectivity index (χ4v) is 14.5. The molecular formula is C62H58Br2Cl6O6S3Zn. The number of ether oxygens (including phenoxy) is 2. The molecule has 0 unspecified atom stereocenters. The summed E-state index contributed by atoms with van der Waals surface area (Å²) in [6.45, 7) is 14.8. The number of thiophene rings is 3. The van der Waals surface area contributed by atoms with E-state index in [1.807, 2.05) is 88.4 Å². The summed E-state index contributed by atoms with van der Waals surface area (Å²) in [5.74, 6) is -1.15. The molecule has 3 heterocycles. The minimum atomic E-state index is -0.785. The molecule has 0 saturated heterocycles. The van der Waals surface area contributed by atoms with Gasteiger partial charge in [-0.25, -0.2) is 0 Å².